The predicted molar refractivity (Wildman–Crippen MR) is 80.0 cm³/mol. The number of ether oxygens (including phenoxy) is 2. The van der Waals surface area contributed by atoms with E-state index in [0.717, 1.165) is 18.4 Å². The molecule has 3 nitrogen and oxygen atoms in total. The van der Waals surface area contributed by atoms with Gasteiger partial charge < -0.3 is 9.47 Å². The molecule has 0 radical (unpaired) electrons. The Labute approximate surface area is 124 Å². The van der Waals surface area contributed by atoms with Crippen molar-refractivity contribution in [2.75, 3.05) is 6.61 Å². The molecule has 108 valence electrons. The molecule has 3 rings (SSSR count). The summed E-state index contributed by atoms with van der Waals surface area (Å²) in [5, 5.41) is 0. The van der Waals surface area contributed by atoms with Gasteiger partial charge in [0.15, 0.2) is 12.1 Å². The van der Waals surface area contributed by atoms with E-state index in [1.54, 1.807) is 0 Å². The van der Waals surface area contributed by atoms with Crippen LogP contribution in [0.4, 0.5) is 0 Å². The van der Waals surface area contributed by atoms with Gasteiger partial charge in [0.25, 0.3) is 0 Å². The van der Waals surface area contributed by atoms with Crippen LogP contribution >= 0.6 is 0 Å². The van der Waals surface area contributed by atoms with Crippen LogP contribution in [0, 0.1) is 0 Å². The van der Waals surface area contributed by atoms with Crippen LogP contribution in [0.15, 0.2) is 60.7 Å². The quantitative estimate of drug-likeness (QED) is 0.783. The molecule has 0 bridgehead atoms. The zero-order chi connectivity index (χ0) is 14.5. The Hall–Kier alpha value is -1.97. The third-order valence-electron chi connectivity index (χ3n) is 3.57. The van der Waals surface area contributed by atoms with Crippen LogP contribution in [-0.4, -0.2) is 18.7 Å². The van der Waals surface area contributed by atoms with Crippen LogP contribution in [0.3, 0.4) is 0 Å². The maximum atomic E-state index is 12.8. The maximum absolute atomic E-state index is 12.8. The highest BCUT2D eigenvalue weighted by Gasteiger charge is 2.28. The van der Waals surface area contributed by atoms with Gasteiger partial charge in [-0.05, 0) is 12.0 Å². The van der Waals surface area contributed by atoms with Gasteiger partial charge in [0, 0.05) is 18.6 Å². The van der Waals surface area contributed by atoms with E-state index in [0.29, 0.717) is 12.2 Å². The lowest BCUT2D eigenvalue weighted by atomic mass is 10.00. The number of rotatable bonds is 5. The molecule has 2 atom stereocenters. The molecular formula is C18H18O3. The van der Waals surface area contributed by atoms with Crippen LogP contribution in [0.5, 0.6) is 0 Å². The standard InChI is InChI=1S/C18H18O3/c19-17(14-8-3-1-4-9-14)18(15-10-5-2-6-11-15)21-16-12-7-13-20-16/h1-6,8-11,16,18H,7,12-13H2. The molecule has 2 aromatic rings. The monoisotopic (exact) mass is 282 g/mol. The molecule has 2 aromatic carbocycles. The Bertz CT molecular complexity index is 574. The zero-order valence-electron chi connectivity index (χ0n) is 11.8. The highest BCUT2D eigenvalue weighted by atomic mass is 16.7. The fourth-order valence-electron chi connectivity index (χ4n) is 2.48. The summed E-state index contributed by atoms with van der Waals surface area (Å²) in [6, 6.07) is 18.9. The number of carbonyl (C=O) groups is 1. The molecule has 1 aliphatic rings. The summed E-state index contributed by atoms with van der Waals surface area (Å²) in [6.45, 7) is 0.700. The van der Waals surface area contributed by atoms with Gasteiger partial charge in [0.2, 0.25) is 0 Å². The van der Waals surface area contributed by atoms with Gasteiger partial charge in [-0.2, -0.15) is 0 Å². The lowest BCUT2D eigenvalue weighted by molar-refractivity contribution is -0.133. The third kappa shape index (κ3) is 3.38. The van der Waals surface area contributed by atoms with Crippen molar-refractivity contribution in [2.24, 2.45) is 0 Å². The van der Waals surface area contributed by atoms with Crippen LogP contribution in [0.1, 0.15) is 34.9 Å². The van der Waals surface area contributed by atoms with Crippen molar-refractivity contribution in [1.29, 1.82) is 0 Å². The van der Waals surface area contributed by atoms with Gasteiger partial charge in [-0.15, -0.1) is 0 Å². The Morgan fingerprint density at radius 1 is 1.05 bits per heavy atom. The summed E-state index contributed by atoms with van der Waals surface area (Å²) >= 11 is 0. The molecule has 3 heteroatoms. The summed E-state index contributed by atoms with van der Waals surface area (Å²) in [5.74, 6) is -0.0303. The number of Topliss-reactive ketones (excluding diaryl/α,β-unsaturated/α-hetero) is 1. The largest absolute Gasteiger partial charge is 0.353 e. The van der Waals surface area contributed by atoms with Gasteiger partial charge in [0.05, 0.1) is 0 Å². The van der Waals surface area contributed by atoms with E-state index in [1.165, 1.54) is 0 Å². The fraction of sp³-hybridized carbons (Fsp3) is 0.278. The van der Waals surface area contributed by atoms with E-state index < -0.39 is 6.10 Å². The second-order valence-electron chi connectivity index (χ2n) is 5.10. The molecule has 0 aliphatic carbocycles. The summed E-state index contributed by atoms with van der Waals surface area (Å²) in [7, 11) is 0. The molecule has 0 amide bonds. The van der Waals surface area contributed by atoms with Crippen molar-refractivity contribution >= 4 is 5.78 Å². The fourth-order valence-corrected chi connectivity index (χ4v) is 2.48. The van der Waals surface area contributed by atoms with Crippen molar-refractivity contribution in [2.45, 2.75) is 25.2 Å². The normalized spacial score (nSPS) is 19.3. The Morgan fingerprint density at radius 2 is 1.71 bits per heavy atom. The number of hydrogen-bond acceptors (Lipinski definition) is 3. The van der Waals surface area contributed by atoms with Crippen molar-refractivity contribution in [3.63, 3.8) is 0 Å². The molecule has 1 aliphatic heterocycles. The minimum atomic E-state index is -0.614. The molecule has 1 fully saturated rings. The van der Waals surface area contributed by atoms with Crippen molar-refractivity contribution < 1.29 is 14.3 Å². The molecule has 21 heavy (non-hydrogen) atoms. The highest BCUT2D eigenvalue weighted by molar-refractivity contribution is 6.00. The minimum Gasteiger partial charge on any atom is -0.353 e. The molecule has 2 unspecified atom stereocenters. The Kier molecular flexibility index (Phi) is 4.43. The molecule has 1 saturated heterocycles. The number of benzene rings is 2. The van der Waals surface area contributed by atoms with Gasteiger partial charge in [-0.25, -0.2) is 0 Å². The van der Waals surface area contributed by atoms with Crippen LogP contribution in [-0.2, 0) is 9.47 Å². The first-order chi connectivity index (χ1) is 10.3. The second kappa shape index (κ2) is 6.66. The Balaban J connectivity index is 1.86. The van der Waals surface area contributed by atoms with Gasteiger partial charge >= 0.3 is 0 Å². The van der Waals surface area contributed by atoms with E-state index in [9.17, 15) is 4.79 Å². The van der Waals surface area contributed by atoms with Crippen LogP contribution in [0.25, 0.3) is 0 Å². The highest BCUT2D eigenvalue weighted by Crippen LogP contribution is 2.27. The number of carbonyl (C=O) groups excluding carboxylic acids is 1. The lowest BCUT2D eigenvalue weighted by Crippen LogP contribution is -2.22. The second-order valence-corrected chi connectivity index (χ2v) is 5.10. The lowest BCUT2D eigenvalue weighted by Gasteiger charge is -2.21. The topological polar surface area (TPSA) is 35.5 Å². The molecule has 1 heterocycles. The van der Waals surface area contributed by atoms with Gasteiger partial charge in [-0.3, -0.25) is 4.79 Å². The first kappa shape index (κ1) is 14.0. The summed E-state index contributed by atoms with van der Waals surface area (Å²) in [5.41, 5.74) is 1.52. The average Bonchev–Trinajstić information content (AvgIpc) is 3.07. The van der Waals surface area contributed by atoms with E-state index in [-0.39, 0.29) is 12.1 Å². The minimum absolute atomic E-state index is 0.0303. The molecule has 0 saturated carbocycles. The van der Waals surface area contributed by atoms with E-state index in [1.807, 2.05) is 60.7 Å². The third-order valence-corrected chi connectivity index (χ3v) is 3.57. The van der Waals surface area contributed by atoms with Crippen molar-refractivity contribution in [3.8, 4) is 0 Å². The van der Waals surface area contributed by atoms with Gasteiger partial charge in [-0.1, -0.05) is 60.7 Å². The summed E-state index contributed by atoms with van der Waals surface area (Å²) < 4.78 is 11.5. The first-order valence-electron chi connectivity index (χ1n) is 7.26. The van der Waals surface area contributed by atoms with Crippen molar-refractivity contribution in [3.05, 3.63) is 71.8 Å². The molecule has 0 spiro atoms. The SMILES string of the molecule is O=C(c1ccccc1)C(OC1CCCO1)c1ccccc1. The molecule has 0 N–H and O–H groups in total. The van der Waals surface area contributed by atoms with Crippen molar-refractivity contribution in [1.82, 2.24) is 0 Å². The summed E-state index contributed by atoms with van der Waals surface area (Å²) in [4.78, 5) is 12.8. The maximum Gasteiger partial charge on any atom is 0.196 e. The predicted octanol–water partition coefficient (Wildman–Crippen LogP) is 3.76. The number of hydrogen-bond donors (Lipinski definition) is 0. The van der Waals surface area contributed by atoms with Crippen LogP contribution in [0.2, 0.25) is 0 Å². The number of ketones is 1. The first-order valence-corrected chi connectivity index (χ1v) is 7.26. The molecule has 0 aromatic heterocycles. The van der Waals surface area contributed by atoms with E-state index in [4.69, 9.17) is 9.47 Å². The van der Waals surface area contributed by atoms with E-state index >= 15 is 0 Å². The summed E-state index contributed by atoms with van der Waals surface area (Å²) in [6.07, 6.45) is 0.913. The zero-order valence-corrected chi connectivity index (χ0v) is 11.8. The van der Waals surface area contributed by atoms with Crippen LogP contribution < -0.4 is 0 Å². The molecular weight excluding hydrogens is 264 g/mol. The van der Waals surface area contributed by atoms with Gasteiger partial charge in [0.1, 0.15) is 6.10 Å². The Morgan fingerprint density at radius 3 is 2.33 bits per heavy atom. The smallest absolute Gasteiger partial charge is 0.196 e. The van der Waals surface area contributed by atoms with E-state index in [2.05, 4.69) is 0 Å². The average molecular weight is 282 g/mol.